The number of aromatic amines is 1. The zero-order chi connectivity index (χ0) is 25.3. The minimum atomic E-state index is -0.421. The number of pyridine rings is 1. The summed E-state index contributed by atoms with van der Waals surface area (Å²) < 4.78 is 1.35. The average Bonchev–Trinajstić information content (AvgIpc) is 3.37. The first-order valence-corrected chi connectivity index (χ1v) is 11.5. The van der Waals surface area contributed by atoms with Gasteiger partial charge in [-0.05, 0) is 29.7 Å². The molecule has 0 saturated heterocycles. The summed E-state index contributed by atoms with van der Waals surface area (Å²) in [7, 11) is 1.60. The maximum atomic E-state index is 13.3. The average molecular weight is 485 g/mol. The van der Waals surface area contributed by atoms with Crippen molar-refractivity contribution in [2.45, 2.75) is 19.5 Å². The van der Waals surface area contributed by atoms with Gasteiger partial charge in [-0.25, -0.2) is 9.97 Å². The van der Waals surface area contributed by atoms with Crippen LogP contribution in [0.5, 0.6) is 0 Å². The van der Waals surface area contributed by atoms with E-state index in [1.54, 1.807) is 13.2 Å². The highest BCUT2D eigenvalue weighted by molar-refractivity contribution is 6.08. The van der Waals surface area contributed by atoms with Crippen LogP contribution in [0.1, 0.15) is 16.8 Å². The smallest absolute Gasteiger partial charge is 0.294 e. The van der Waals surface area contributed by atoms with E-state index < -0.39 is 5.56 Å². The fourth-order valence-corrected chi connectivity index (χ4v) is 3.78. The number of H-pyrrole nitrogens is 1. The molecule has 1 aromatic carbocycles. The number of hydrogen-bond donors (Lipinski definition) is 4. The molecule has 10 heteroatoms. The van der Waals surface area contributed by atoms with Crippen LogP contribution in [0.3, 0.4) is 0 Å². The summed E-state index contributed by atoms with van der Waals surface area (Å²) in [6.07, 6.45) is 8.60. The Morgan fingerprint density at radius 1 is 1.17 bits per heavy atom. The Balaban J connectivity index is 1.51. The van der Waals surface area contributed by atoms with Crippen LogP contribution in [-0.2, 0) is 24.3 Å². The Labute approximate surface area is 208 Å². The Hall–Kier alpha value is -4.73. The number of carbonyl (C=O) groups is 1. The van der Waals surface area contributed by atoms with Gasteiger partial charge in [-0.3, -0.25) is 19.1 Å². The molecule has 0 aliphatic carbocycles. The van der Waals surface area contributed by atoms with Gasteiger partial charge in [0.1, 0.15) is 12.2 Å². The van der Waals surface area contributed by atoms with Crippen LogP contribution >= 0.6 is 0 Å². The first-order valence-electron chi connectivity index (χ1n) is 11.5. The number of nitrogens with zero attached hydrogens (tertiary/aromatic N) is 4. The number of rotatable bonds is 10. The summed E-state index contributed by atoms with van der Waals surface area (Å²) in [5.41, 5.74) is 9.00. The molecular weight excluding hydrogens is 456 g/mol. The lowest BCUT2D eigenvalue weighted by atomic mass is 10.1. The van der Waals surface area contributed by atoms with Crippen LogP contribution < -0.4 is 21.9 Å². The third-order valence-corrected chi connectivity index (χ3v) is 5.60. The number of carbonyl (C=O) groups excluding carboxylic acids is 1. The fraction of sp³-hybridized carbons (Fsp3) is 0.192. The predicted octanol–water partition coefficient (Wildman–Crippen LogP) is 2.09. The van der Waals surface area contributed by atoms with Crippen molar-refractivity contribution in [1.29, 1.82) is 0 Å². The molecule has 0 fully saturated rings. The zero-order valence-corrected chi connectivity index (χ0v) is 19.9. The molecule has 5 N–H and O–H groups in total. The maximum absolute atomic E-state index is 13.3. The summed E-state index contributed by atoms with van der Waals surface area (Å²) in [4.78, 5) is 41.8. The van der Waals surface area contributed by atoms with E-state index in [0.717, 1.165) is 28.6 Å². The lowest BCUT2D eigenvalue weighted by molar-refractivity contribution is -0.121. The number of anilines is 1. The zero-order valence-electron chi connectivity index (χ0n) is 19.9. The second kappa shape index (κ2) is 11.6. The molecule has 1 amide bonds. The number of nitrogens with one attached hydrogen (secondary N) is 3. The molecule has 4 aromatic rings. The Bertz CT molecular complexity index is 1450. The van der Waals surface area contributed by atoms with Crippen molar-refractivity contribution in [3.05, 3.63) is 94.4 Å². The third-order valence-electron chi connectivity index (χ3n) is 5.60. The summed E-state index contributed by atoms with van der Waals surface area (Å²) in [5.74, 6) is -0.173. The van der Waals surface area contributed by atoms with Crippen molar-refractivity contribution >= 4 is 34.5 Å². The summed E-state index contributed by atoms with van der Waals surface area (Å²) in [5, 5.41) is 6.91. The largest absolute Gasteiger partial charge is 0.404 e. The first-order chi connectivity index (χ1) is 17.6. The van der Waals surface area contributed by atoms with Crippen molar-refractivity contribution in [2.75, 3.05) is 18.9 Å². The van der Waals surface area contributed by atoms with Gasteiger partial charge in [-0.1, -0.05) is 30.3 Å². The van der Waals surface area contributed by atoms with Crippen LogP contribution in [0.25, 0.3) is 16.6 Å². The van der Waals surface area contributed by atoms with Gasteiger partial charge in [0.15, 0.2) is 5.82 Å². The Morgan fingerprint density at radius 2 is 2.00 bits per heavy atom. The Kier molecular flexibility index (Phi) is 7.87. The van der Waals surface area contributed by atoms with Crippen LogP contribution in [-0.4, -0.2) is 45.2 Å². The molecule has 10 nitrogen and oxygen atoms in total. The van der Waals surface area contributed by atoms with Crippen LogP contribution in [0.4, 0.5) is 5.82 Å². The number of allylic oxidation sites excluding steroid dienone is 1. The van der Waals surface area contributed by atoms with E-state index in [2.05, 4.69) is 30.6 Å². The van der Waals surface area contributed by atoms with Gasteiger partial charge in [0.05, 0.1) is 11.9 Å². The highest BCUT2D eigenvalue weighted by atomic mass is 16.2. The lowest BCUT2D eigenvalue weighted by Crippen LogP contribution is -2.35. The lowest BCUT2D eigenvalue weighted by Gasteiger charge is -2.15. The van der Waals surface area contributed by atoms with Crippen molar-refractivity contribution in [3.63, 3.8) is 0 Å². The normalized spacial score (nSPS) is 11.8. The summed E-state index contributed by atoms with van der Waals surface area (Å²) in [6.45, 7) is 0.585. The molecule has 4 rings (SSSR count). The molecule has 0 spiro atoms. The standard InChI is InChI=1S/C26H28N8O2/c1-28-15-21(12-27)22-16-33-25(30-9-7-18-5-3-2-4-6-18)26(36)34(22)17-23(35)31-13-19-11-20-8-10-29-24(20)32-14-19/h2-6,8,10-12,14-16H,7,9,13,17,27H2,1H3,(H,29,32)(H,30,33)(H,31,35)/b21-12+,28-15?. The molecule has 184 valence electrons. The molecule has 3 aromatic heterocycles. The van der Waals surface area contributed by atoms with E-state index in [-0.39, 0.29) is 24.8 Å². The molecule has 0 bridgehead atoms. The van der Waals surface area contributed by atoms with Gasteiger partial charge >= 0.3 is 0 Å². The molecule has 0 unspecified atom stereocenters. The third kappa shape index (κ3) is 5.84. The summed E-state index contributed by atoms with van der Waals surface area (Å²) in [6, 6.07) is 13.8. The highest BCUT2D eigenvalue weighted by Crippen LogP contribution is 2.13. The van der Waals surface area contributed by atoms with Crippen molar-refractivity contribution < 1.29 is 4.79 Å². The van der Waals surface area contributed by atoms with Crippen LogP contribution in [0, 0.1) is 0 Å². The SMILES string of the molecule is CN=C/C(=C\N)c1cnc(NCCc2ccccc2)c(=O)n1CC(=O)NCc1cnc2[nH]ccc2c1. The molecule has 0 atom stereocenters. The van der Waals surface area contributed by atoms with Gasteiger partial charge in [-0.15, -0.1) is 0 Å². The number of benzene rings is 1. The topological polar surface area (TPSA) is 143 Å². The quantitative estimate of drug-likeness (QED) is 0.254. The van der Waals surface area contributed by atoms with Crippen LogP contribution in [0.2, 0.25) is 0 Å². The molecular formula is C26H28N8O2. The van der Waals surface area contributed by atoms with Gasteiger partial charge < -0.3 is 21.4 Å². The minimum absolute atomic E-state index is 0.161. The minimum Gasteiger partial charge on any atom is -0.404 e. The second-order valence-corrected chi connectivity index (χ2v) is 8.09. The van der Waals surface area contributed by atoms with Crippen molar-refractivity contribution in [1.82, 2.24) is 24.8 Å². The molecule has 0 aliphatic rings. The predicted molar refractivity (Wildman–Crippen MR) is 142 cm³/mol. The van der Waals surface area contributed by atoms with E-state index in [9.17, 15) is 9.59 Å². The summed E-state index contributed by atoms with van der Waals surface area (Å²) >= 11 is 0. The monoisotopic (exact) mass is 484 g/mol. The molecule has 0 saturated carbocycles. The van der Waals surface area contributed by atoms with Crippen molar-refractivity contribution in [3.8, 4) is 0 Å². The molecule has 0 radical (unpaired) electrons. The number of nitrogens with two attached hydrogens (primary N) is 1. The van der Waals surface area contributed by atoms with E-state index >= 15 is 0 Å². The van der Waals surface area contributed by atoms with Gasteiger partial charge in [0.2, 0.25) is 5.91 Å². The second-order valence-electron chi connectivity index (χ2n) is 8.09. The fourth-order valence-electron chi connectivity index (χ4n) is 3.78. The van der Waals surface area contributed by atoms with E-state index in [1.807, 2.05) is 48.7 Å². The molecule has 36 heavy (non-hydrogen) atoms. The molecule has 0 aliphatic heterocycles. The number of aliphatic imine (C=N–C) groups is 1. The van der Waals surface area contributed by atoms with E-state index in [1.165, 1.54) is 23.2 Å². The Morgan fingerprint density at radius 3 is 2.78 bits per heavy atom. The van der Waals surface area contributed by atoms with E-state index in [0.29, 0.717) is 17.8 Å². The number of amides is 1. The van der Waals surface area contributed by atoms with Gasteiger partial charge in [0, 0.05) is 55.9 Å². The number of hydrogen-bond acceptors (Lipinski definition) is 7. The first kappa shape index (κ1) is 24.4. The van der Waals surface area contributed by atoms with Gasteiger partial charge in [-0.2, -0.15) is 0 Å². The van der Waals surface area contributed by atoms with Crippen molar-refractivity contribution in [2.24, 2.45) is 10.7 Å². The maximum Gasteiger partial charge on any atom is 0.294 e. The number of fused-ring (bicyclic) bond motifs is 1. The van der Waals surface area contributed by atoms with Gasteiger partial charge in [0.25, 0.3) is 5.56 Å². The highest BCUT2D eigenvalue weighted by Gasteiger charge is 2.16. The van der Waals surface area contributed by atoms with E-state index in [4.69, 9.17) is 5.73 Å². The molecule has 3 heterocycles. The number of aromatic nitrogens is 4. The van der Waals surface area contributed by atoms with Crippen LogP contribution in [0.15, 0.2) is 77.0 Å².